The van der Waals surface area contributed by atoms with E-state index in [0.29, 0.717) is 24.4 Å². The van der Waals surface area contributed by atoms with Crippen molar-refractivity contribution in [3.63, 3.8) is 0 Å². The summed E-state index contributed by atoms with van der Waals surface area (Å²) >= 11 is 0. The van der Waals surface area contributed by atoms with E-state index in [1.807, 2.05) is 11.9 Å². The number of amides is 1. The predicted octanol–water partition coefficient (Wildman–Crippen LogP) is 4.25. The van der Waals surface area contributed by atoms with Crippen LogP contribution in [-0.4, -0.2) is 73.5 Å². The molecule has 0 aliphatic rings. The maximum absolute atomic E-state index is 12.1. The van der Waals surface area contributed by atoms with Crippen molar-refractivity contribution in [2.24, 2.45) is 0 Å². The average molecular weight is 356 g/mol. The smallest absolute Gasteiger partial charge is 0.222 e. The van der Waals surface area contributed by atoms with Crippen molar-refractivity contribution in [2.45, 2.75) is 91.1 Å². The molecule has 0 aliphatic carbocycles. The summed E-state index contributed by atoms with van der Waals surface area (Å²) in [5, 5.41) is 0. The normalized spacial score (nSPS) is 12.0. The highest BCUT2D eigenvalue weighted by Gasteiger charge is 2.09. The molecule has 0 bridgehead atoms. The highest BCUT2D eigenvalue weighted by Crippen LogP contribution is 2.09. The van der Waals surface area contributed by atoms with Crippen LogP contribution in [0.3, 0.4) is 0 Å². The Bertz CT molecular complexity index is 331. The summed E-state index contributed by atoms with van der Waals surface area (Å²) in [6.45, 7) is 12.0. The maximum Gasteiger partial charge on any atom is 0.222 e. The van der Waals surface area contributed by atoms with E-state index in [1.54, 1.807) is 0 Å². The van der Waals surface area contributed by atoms with E-state index in [4.69, 9.17) is 0 Å². The first-order chi connectivity index (χ1) is 11.8. The van der Waals surface area contributed by atoms with Gasteiger partial charge in [-0.3, -0.25) is 4.79 Å². The average Bonchev–Trinajstić information content (AvgIpc) is 2.56. The van der Waals surface area contributed by atoms with Crippen LogP contribution in [0.25, 0.3) is 0 Å². The van der Waals surface area contributed by atoms with Crippen molar-refractivity contribution in [3.8, 4) is 0 Å². The van der Waals surface area contributed by atoms with Gasteiger partial charge < -0.3 is 14.7 Å². The number of unbranched alkanes of at least 4 members (excludes halogenated alkanes) is 5. The van der Waals surface area contributed by atoms with Crippen LogP contribution in [0, 0.1) is 0 Å². The lowest BCUT2D eigenvalue weighted by atomic mass is 10.1. The number of hydrogen-bond acceptors (Lipinski definition) is 3. The molecule has 0 saturated carbocycles. The Kier molecular flexibility index (Phi) is 14.2. The van der Waals surface area contributed by atoms with E-state index in [9.17, 15) is 4.79 Å². The second-order valence-electron chi connectivity index (χ2n) is 8.19. The van der Waals surface area contributed by atoms with Gasteiger partial charge in [0.1, 0.15) is 0 Å². The van der Waals surface area contributed by atoms with E-state index in [1.165, 1.54) is 38.6 Å². The lowest BCUT2D eigenvalue weighted by molar-refractivity contribution is -0.130. The first-order valence-electron chi connectivity index (χ1n) is 10.4. The Balaban J connectivity index is 3.54. The topological polar surface area (TPSA) is 26.8 Å². The van der Waals surface area contributed by atoms with Gasteiger partial charge in [-0.15, -0.1) is 0 Å². The summed E-state index contributed by atoms with van der Waals surface area (Å²) in [6.07, 6.45) is 9.18. The first-order valence-corrected chi connectivity index (χ1v) is 10.4. The Morgan fingerprint density at radius 3 is 1.60 bits per heavy atom. The van der Waals surface area contributed by atoms with Gasteiger partial charge in [-0.2, -0.15) is 0 Å². The lowest BCUT2D eigenvalue weighted by Crippen LogP contribution is -2.32. The fourth-order valence-corrected chi connectivity index (χ4v) is 2.73. The molecule has 4 heteroatoms. The van der Waals surface area contributed by atoms with Gasteiger partial charge in [0.2, 0.25) is 5.91 Å². The minimum absolute atomic E-state index is 0.311. The summed E-state index contributed by atoms with van der Waals surface area (Å²) in [5.74, 6) is 0.311. The van der Waals surface area contributed by atoms with Crippen molar-refractivity contribution in [3.05, 3.63) is 0 Å². The summed E-state index contributed by atoms with van der Waals surface area (Å²) in [6, 6.07) is 1.22. The van der Waals surface area contributed by atoms with Gasteiger partial charge in [0.25, 0.3) is 0 Å². The fourth-order valence-electron chi connectivity index (χ4n) is 2.73. The van der Waals surface area contributed by atoms with Crippen LogP contribution in [0.2, 0.25) is 0 Å². The zero-order chi connectivity index (χ0) is 19.2. The molecule has 0 unspecified atom stereocenters. The van der Waals surface area contributed by atoms with E-state index in [-0.39, 0.29) is 0 Å². The van der Waals surface area contributed by atoms with Crippen LogP contribution < -0.4 is 0 Å². The van der Waals surface area contributed by atoms with Gasteiger partial charge in [0.05, 0.1) is 0 Å². The van der Waals surface area contributed by atoms with Gasteiger partial charge in [0, 0.05) is 32.1 Å². The molecule has 0 spiro atoms. The predicted molar refractivity (Wildman–Crippen MR) is 110 cm³/mol. The van der Waals surface area contributed by atoms with Crippen molar-refractivity contribution in [1.29, 1.82) is 0 Å². The molecule has 0 N–H and O–H groups in total. The van der Waals surface area contributed by atoms with Crippen molar-refractivity contribution >= 4 is 5.91 Å². The minimum Gasteiger partial charge on any atom is -0.346 e. The SMILES string of the molecule is CC(C)N(C)CCCCCCCCC(=O)N(C)CCCN(C)C(C)C. The standard InChI is InChI=1S/C21H45N3O/c1-19(2)22(5)16-13-11-9-8-10-12-15-21(25)24(7)18-14-17-23(6)20(3)4/h19-20H,8-18H2,1-7H3. The Labute approximate surface area is 157 Å². The highest BCUT2D eigenvalue weighted by molar-refractivity contribution is 5.75. The van der Waals surface area contributed by atoms with Crippen molar-refractivity contribution in [2.75, 3.05) is 40.8 Å². The first kappa shape index (κ1) is 24.4. The number of carbonyl (C=O) groups excluding carboxylic acids is 1. The third-order valence-electron chi connectivity index (χ3n) is 5.34. The molecular weight excluding hydrogens is 310 g/mol. The Morgan fingerprint density at radius 2 is 1.08 bits per heavy atom. The maximum atomic E-state index is 12.1. The molecule has 0 aromatic heterocycles. The molecule has 0 rings (SSSR count). The van der Waals surface area contributed by atoms with E-state index >= 15 is 0 Å². The summed E-state index contributed by atoms with van der Waals surface area (Å²) in [4.78, 5) is 18.8. The molecule has 0 atom stereocenters. The largest absolute Gasteiger partial charge is 0.346 e. The number of nitrogens with zero attached hydrogens (tertiary/aromatic N) is 3. The molecule has 0 aromatic carbocycles. The zero-order valence-electron chi connectivity index (χ0n) is 18.2. The number of hydrogen-bond donors (Lipinski definition) is 0. The van der Waals surface area contributed by atoms with Crippen LogP contribution in [0.1, 0.15) is 79.1 Å². The second kappa shape index (κ2) is 14.5. The zero-order valence-corrected chi connectivity index (χ0v) is 18.2. The van der Waals surface area contributed by atoms with Crippen LogP contribution in [0.4, 0.5) is 0 Å². The third-order valence-corrected chi connectivity index (χ3v) is 5.34. The number of carbonyl (C=O) groups is 1. The van der Waals surface area contributed by atoms with Gasteiger partial charge >= 0.3 is 0 Å². The monoisotopic (exact) mass is 355 g/mol. The summed E-state index contributed by atoms with van der Waals surface area (Å²) < 4.78 is 0. The Hall–Kier alpha value is -0.610. The molecule has 0 heterocycles. The highest BCUT2D eigenvalue weighted by atomic mass is 16.2. The van der Waals surface area contributed by atoms with Gasteiger partial charge in [-0.25, -0.2) is 0 Å². The van der Waals surface area contributed by atoms with Gasteiger partial charge in [-0.05, 0) is 74.1 Å². The molecule has 0 aromatic rings. The molecule has 0 aliphatic heterocycles. The van der Waals surface area contributed by atoms with Crippen LogP contribution in [0.15, 0.2) is 0 Å². The molecule has 0 saturated heterocycles. The quantitative estimate of drug-likeness (QED) is 0.411. The van der Waals surface area contributed by atoms with Crippen LogP contribution in [-0.2, 0) is 4.79 Å². The molecule has 4 nitrogen and oxygen atoms in total. The summed E-state index contributed by atoms with van der Waals surface area (Å²) in [5.41, 5.74) is 0. The molecule has 0 fully saturated rings. The van der Waals surface area contributed by atoms with Gasteiger partial charge in [-0.1, -0.05) is 25.7 Å². The van der Waals surface area contributed by atoms with Crippen LogP contribution in [0.5, 0.6) is 0 Å². The van der Waals surface area contributed by atoms with Crippen molar-refractivity contribution in [1.82, 2.24) is 14.7 Å². The number of rotatable bonds is 15. The van der Waals surface area contributed by atoms with Crippen molar-refractivity contribution < 1.29 is 4.79 Å². The lowest BCUT2D eigenvalue weighted by Gasteiger charge is -2.23. The van der Waals surface area contributed by atoms with E-state index in [2.05, 4.69) is 51.6 Å². The summed E-state index contributed by atoms with van der Waals surface area (Å²) in [7, 11) is 6.30. The second-order valence-corrected chi connectivity index (χ2v) is 8.19. The molecule has 0 radical (unpaired) electrons. The van der Waals surface area contributed by atoms with E-state index in [0.717, 1.165) is 25.9 Å². The Morgan fingerprint density at radius 1 is 0.640 bits per heavy atom. The molecule has 25 heavy (non-hydrogen) atoms. The fraction of sp³-hybridized carbons (Fsp3) is 0.952. The van der Waals surface area contributed by atoms with E-state index < -0.39 is 0 Å². The molecule has 150 valence electrons. The molecule has 1 amide bonds. The molecular formula is C21H45N3O. The minimum atomic E-state index is 0.311. The third kappa shape index (κ3) is 13.3. The van der Waals surface area contributed by atoms with Gasteiger partial charge in [0.15, 0.2) is 0 Å². The van der Waals surface area contributed by atoms with Crippen LogP contribution >= 0.6 is 0 Å².